The van der Waals surface area contributed by atoms with Gasteiger partial charge in [-0.1, -0.05) is 33.6 Å². The maximum atomic E-state index is 6.18. The van der Waals surface area contributed by atoms with Gasteiger partial charge in [0.2, 0.25) is 0 Å². The summed E-state index contributed by atoms with van der Waals surface area (Å²) in [6.45, 7) is 2.10. The molecule has 17 heavy (non-hydrogen) atoms. The van der Waals surface area contributed by atoms with E-state index in [1.807, 2.05) is 18.2 Å². The van der Waals surface area contributed by atoms with Gasteiger partial charge in [0.25, 0.3) is 0 Å². The van der Waals surface area contributed by atoms with Crippen LogP contribution in [-0.4, -0.2) is 18.2 Å². The molecule has 0 amide bonds. The maximum Gasteiger partial charge on any atom is 0.0733 e. The van der Waals surface area contributed by atoms with E-state index >= 15 is 0 Å². The van der Waals surface area contributed by atoms with E-state index in [1.165, 1.54) is 0 Å². The molecule has 1 aromatic rings. The van der Waals surface area contributed by atoms with E-state index in [0.29, 0.717) is 6.10 Å². The van der Waals surface area contributed by atoms with Crippen LogP contribution in [0.25, 0.3) is 0 Å². The minimum absolute atomic E-state index is 0.0265. The molecule has 1 fully saturated rings. The van der Waals surface area contributed by atoms with Crippen LogP contribution < -0.4 is 5.73 Å². The summed E-state index contributed by atoms with van der Waals surface area (Å²) in [4.78, 5) is 0. The molecule has 0 bridgehead atoms. The fraction of sp³-hybridized carbons (Fsp3) is 0.538. The van der Waals surface area contributed by atoms with Crippen molar-refractivity contribution in [3.8, 4) is 0 Å². The summed E-state index contributed by atoms with van der Waals surface area (Å²) in [6, 6.07) is 5.94. The van der Waals surface area contributed by atoms with Gasteiger partial charge in [-0.15, -0.1) is 0 Å². The topological polar surface area (TPSA) is 35.2 Å². The third-order valence-corrected chi connectivity index (χ3v) is 4.06. The molecule has 0 saturated carbocycles. The van der Waals surface area contributed by atoms with Gasteiger partial charge < -0.3 is 10.5 Å². The van der Waals surface area contributed by atoms with Crippen LogP contribution in [0.4, 0.5) is 0 Å². The zero-order valence-electron chi connectivity index (χ0n) is 9.83. The molecular weight excluding hydrogens is 302 g/mol. The first kappa shape index (κ1) is 13.3. The highest BCUT2D eigenvalue weighted by molar-refractivity contribution is 9.10. The minimum Gasteiger partial charge on any atom is -0.374 e. The van der Waals surface area contributed by atoms with Crippen molar-refractivity contribution in [3.63, 3.8) is 0 Å². The van der Waals surface area contributed by atoms with Crippen molar-refractivity contribution in [1.29, 1.82) is 0 Å². The lowest BCUT2D eigenvalue weighted by Gasteiger charge is -2.20. The van der Waals surface area contributed by atoms with Crippen LogP contribution in [0.3, 0.4) is 0 Å². The Hall–Kier alpha value is -0.0900. The molecule has 0 radical (unpaired) electrons. The highest BCUT2D eigenvalue weighted by Gasteiger charge is 2.27. The van der Waals surface area contributed by atoms with E-state index in [2.05, 4.69) is 22.9 Å². The van der Waals surface area contributed by atoms with E-state index < -0.39 is 0 Å². The van der Waals surface area contributed by atoms with Crippen LogP contribution in [0.15, 0.2) is 22.7 Å². The van der Waals surface area contributed by atoms with Crippen LogP contribution in [0.2, 0.25) is 5.02 Å². The van der Waals surface area contributed by atoms with Crippen LogP contribution in [0.5, 0.6) is 0 Å². The number of hydrogen-bond acceptors (Lipinski definition) is 2. The first-order valence-corrected chi connectivity index (χ1v) is 7.08. The fourth-order valence-electron chi connectivity index (χ4n) is 2.22. The van der Waals surface area contributed by atoms with Crippen molar-refractivity contribution in [2.24, 2.45) is 5.73 Å². The van der Waals surface area contributed by atoms with Crippen LogP contribution in [0, 0.1) is 0 Å². The average molecular weight is 319 g/mol. The first-order valence-electron chi connectivity index (χ1n) is 5.91. The molecule has 1 aliphatic heterocycles. The van der Waals surface area contributed by atoms with Crippen molar-refractivity contribution in [3.05, 3.63) is 33.3 Å². The number of nitrogens with two attached hydrogens (primary N) is 1. The molecule has 2 rings (SSSR count). The second kappa shape index (κ2) is 5.70. The highest BCUT2D eigenvalue weighted by atomic mass is 79.9. The lowest BCUT2D eigenvalue weighted by molar-refractivity contribution is 0.0404. The maximum absolute atomic E-state index is 6.18. The quantitative estimate of drug-likeness (QED) is 0.925. The molecule has 94 valence electrons. The lowest BCUT2D eigenvalue weighted by atomic mass is 10.00. The lowest BCUT2D eigenvalue weighted by Crippen LogP contribution is -2.36. The average Bonchev–Trinajstić information content (AvgIpc) is 2.69. The largest absolute Gasteiger partial charge is 0.374 e. The van der Waals surface area contributed by atoms with Crippen LogP contribution in [-0.2, 0) is 11.2 Å². The van der Waals surface area contributed by atoms with E-state index in [9.17, 15) is 0 Å². The van der Waals surface area contributed by atoms with Gasteiger partial charge in [-0.2, -0.15) is 0 Å². The SMILES string of the molecule is CC1CCC(C(N)Cc2ccc(Br)cc2Cl)O1. The predicted octanol–water partition coefficient (Wildman–Crippen LogP) is 3.54. The van der Waals surface area contributed by atoms with E-state index in [-0.39, 0.29) is 12.1 Å². The number of hydrogen-bond donors (Lipinski definition) is 1. The molecule has 2 N–H and O–H groups in total. The Morgan fingerprint density at radius 1 is 1.53 bits per heavy atom. The Labute approximate surface area is 116 Å². The normalized spacial score (nSPS) is 26.1. The Morgan fingerprint density at radius 2 is 2.29 bits per heavy atom. The van der Waals surface area contributed by atoms with E-state index in [1.54, 1.807) is 0 Å². The molecule has 0 spiro atoms. The Balaban J connectivity index is 2.00. The number of ether oxygens (including phenoxy) is 1. The third-order valence-electron chi connectivity index (χ3n) is 3.21. The van der Waals surface area contributed by atoms with Gasteiger partial charge in [-0.05, 0) is 43.9 Å². The van der Waals surface area contributed by atoms with Gasteiger partial charge in [0.15, 0.2) is 0 Å². The standard InChI is InChI=1S/C13H17BrClNO/c1-8-2-5-13(17-8)12(16)6-9-3-4-10(14)7-11(9)15/h3-4,7-8,12-13H,2,5-6,16H2,1H3. The Bertz CT molecular complexity index is 399. The summed E-state index contributed by atoms with van der Waals surface area (Å²) in [7, 11) is 0. The summed E-state index contributed by atoms with van der Waals surface area (Å²) in [5.74, 6) is 0. The van der Waals surface area contributed by atoms with Crippen molar-refractivity contribution in [2.75, 3.05) is 0 Å². The predicted molar refractivity (Wildman–Crippen MR) is 74.4 cm³/mol. The van der Waals surface area contributed by atoms with Gasteiger partial charge in [0.05, 0.1) is 12.2 Å². The van der Waals surface area contributed by atoms with Crippen molar-refractivity contribution in [1.82, 2.24) is 0 Å². The number of halogens is 2. The molecule has 3 atom stereocenters. The molecule has 3 unspecified atom stereocenters. The van der Waals surface area contributed by atoms with Gasteiger partial charge >= 0.3 is 0 Å². The van der Waals surface area contributed by atoms with Gasteiger partial charge in [0.1, 0.15) is 0 Å². The number of benzene rings is 1. The summed E-state index contributed by atoms with van der Waals surface area (Å²) < 4.78 is 6.77. The molecule has 1 aromatic carbocycles. The molecule has 1 heterocycles. The first-order chi connectivity index (χ1) is 8.06. The molecular formula is C13H17BrClNO. The fourth-order valence-corrected chi connectivity index (χ4v) is 2.97. The molecule has 1 saturated heterocycles. The molecule has 0 aliphatic carbocycles. The summed E-state index contributed by atoms with van der Waals surface area (Å²) in [5, 5.41) is 0.765. The van der Waals surface area contributed by atoms with Crippen LogP contribution >= 0.6 is 27.5 Å². The zero-order chi connectivity index (χ0) is 12.4. The van der Waals surface area contributed by atoms with E-state index in [4.69, 9.17) is 22.1 Å². The van der Waals surface area contributed by atoms with Crippen molar-refractivity contribution in [2.45, 2.75) is 44.4 Å². The summed E-state index contributed by atoms with van der Waals surface area (Å²) >= 11 is 9.58. The second-order valence-corrected chi connectivity index (χ2v) is 5.99. The molecule has 2 nitrogen and oxygen atoms in total. The van der Waals surface area contributed by atoms with Crippen LogP contribution in [0.1, 0.15) is 25.3 Å². The monoisotopic (exact) mass is 317 g/mol. The molecule has 4 heteroatoms. The van der Waals surface area contributed by atoms with Gasteiger partial charge in [-0.3, -0.25) is 0 Å². The number of rotatable bonds is 3. The Kier molecular flexibility index (Phi) is 4.47. The van der Waals surface area contributed by atoms with Gasteiger partial charge in [0, 0.05) is 15.5 Å². The molecule has 1 aliphatic rings. The Morgan fingerprint density at radius 3 is 2.88 bits per heavy atom. The molecule has 0 aromatic heterocycles. The van der Waals surface area contributed by atoms with Crippen molar-refractivity contribution < 1.29 is 4.74 Å². The van der Waals surface area contributed by atoms with Crippen molar-refractivity contribution >= 4 is 27.5 Å². The summed E-state index contributed by atoms with van der Waals surface area (Å²) in [6.07, 6.45) is 3.43. The smallest absolute Gasteiger partial charge is 0.0733 e. The second-order valence-electron chi connectivity index (χ2n) is 4.67. The third kappa shape index (κ3) is 3.44. The highest BCUT2D eigenvalue weighted by Crippen LogP contribution is 2.26. The van der Waals surface area contributed by atoms with Gasteiger partial charge in [-0.25, -0.2) is 0 Å². The summed E-state index contributed by atoms with van der Waals surface area (Å²) in [5.41, 5.74) is 7.27. The minimum atomic E-state index is 0.0265. The van der Waals surface area contributed by atoms with E-state index in [0.717, 1.165) is 34.3 Å². The zero-order valence-corrected chi connectivity index (χ0v) is 12.2.